The summed E-state index contributed by atoms with van der Waals surface area (Å²) in [5.74, 6) is 0. The Balaban J connectivity index is 0. The molecule has 0 saturated carbocycles. The Bertz CT molecular complexity index is 237. The third kappa shape index (κ3) is 28.7. The predicted octanol–water partition coefficient (Wildman–Crippen LogP) is 9.74. The fourth-order valence-corrected chi connectivity index (χ4v) is 6.37. The van der Waals surface area contributed by atoms with Crippen molar-refractivity contribution in [2.75, 3.05) is 18.5 Å². The molecule has 1 N–H and O–H groups in total. The van der Waals surface area contributed by atoms with Crippen LogP contribution < -0.4 is 0 Å². The first-order chi connectivity index (χ1) is 13.8. The maximum absolute atomic E-state index is 8.46. The molecule has 0 atom stereocenters. The van der Waals surface area contributed by atoms with Gasteiger partial charge in [-0.15, -0.1) is 7.92 Å². The van der Waals surface area contributed by atoms with Crippen molar-refractivity contribution < 1.29 is 9.46 Å². The zero-order chi connectivity index (χ0) is 21.1. The van der Waals surface area contributed by atoms with Gasteiger partial charge in [-0.05, 0) is 37.7 Å². The third-order valence-corrected chi connectivity index (χ3v) is 8.33. The van der Waals surface area contributed by atoms with Crippen LogP contribution in [0.25, 0.3) is 0 Å². The van der Waals surface area contributed by atoms with Gasteiger partial charge in [-0.2, -0.15) is 0 Å². The molecule has 0 rings (SSSR count). The fraction of sp³-hybridized carbons (Fsp3) is 1.00. The minimum Gasteiger partial charge on any atom is -0.310 e. The van der Waals surface area contributed by atoms with E-state index >= 15 is 0 Å². The highest BCUT2D eigenvalue weighted by Crippen LogP contribution is 2.39. The molecule has 0 heterocycles. The van der Waals surface area contributed by atoms with Gasteiger partial charge in [-0.1, -0.05) is 117 Å². The van der Waals surface area contributed by atoms with E-state index in [9.17, 15) is 0 Å². The van der Waals surface area contributed by atoms with E-state index in [0.717, 1.165) is 0 Å². The van der Waals surface area contributed by atoms with Crippen LogP contribution in [0, 0.1) is 0 Å². The summed E-state index contributed by atoms with van der Waals surface area (Å²) in [5, 5.41) is 0. The van der Waals surface area contributed by atoms with Crippen LogP contribution >= 0.6 is 16.6 Å². The van der Waals surface area contributed by atoms with Gasteiger partial charge in [0.25, 0.3) is 0 Å². The Morgan fingerprint density at radius 2 is 0.714 bits per heavy atom. The second kappa shape index (κ2) is 29.7. The van der Waals surface area contributed by atoms with Gasteiger partial charge >= 0.3 is 8.69 Å². The molecule has 0 aromatic rings. The quantitative estimate of drug-likeness (QED) is 0.144. The van der Waals surface area contributed by atoms with E-state index in [2.05, 4.69) is 20.8 Å². The Kier molecular flexibility index (Phi) is 32.5. The Morgan fingerprint density at radius 1 is 0.500 bits per heavy atom. The molecule has 0 bridgehead atoms. The van der Waals surface area contributed by atoms with Crippen molar-refractivity contribution in [2.45, 2.75) is 136 Å². The van der Waals surface area contributed by atoms with E-state index in [-0.39, 0.29) is 0 Å². The molecule has 4 heteroatoms. The van der Waals surface area contributed by atoms with Crippen LogP contribution in [-0.4, -0.2) is 23.4 Å². The lowest BCUT2D eigenvalue weighted by Gasteiger charge is -2.18. The number of hydrogen-bond acceptors (Lipinski definition) is 1. The molecular formula is C24H52O2P2. The summed E-state index contributed by atoms with van der Waals surface area (Å²) >= 11 is 0. The van der Waals surface area contributed by atoms with Gasteiger partial charge in [-0.25, -0.2) is 4.57 Å². The normalized spacial score (nSPS) is 11.0. The molecule has 0 radical (unpaired) electrons. The Hall–Kier alpha value is 0.490. The highest BCUT2D eigenvalue weighted by Gasteiger charge is 2.07. The van der Waals surface area contributed by atoms with E-state index in [4.69, 9.17) is 9.46 Å². The summed E-state index contributed by atoms with van der Waals surface area (Å²) in [6.45, 7) is 6.96. The Morgan fingerprint density at radius 3 is 0.964 bits per heavy atom. The Labute approximate surface area is 181 Å². The van der Waals surface area contributed by atoms with E-state index < -0.39 is 8.69 Å². The third-order valence-electron chi connectivity index (χ3n) is 5.48. The first-order valence-corrected chi connectivity index (χ1v) is 15.1. The molecule has 0 aliphatic heterocycles. The fourth-order valence-electron chi connectivity index (χ4n) is 3.68. The molecule has 0 aliphatic carbocycles. The molecule has 0 unspecified atom stereocenters. The van der Waals surface area contributed by atoms with Gasteiger partial charge in [0.15, 0.2) is 0 Å². The van der Waals surface area contributed by atoms with Crippen molar-refractivity contribution in [3.05, 3.63) is 0 Å². The molecule has 0 aromatic heterocycles. The van der Waals surface area contributed by atoms with Crippen LogP contribution in [0.5, 0.6) is 0 Å². The van der Waals surface area contributed by atoms with Crippen LogP contribution in [-0.2, 0) is 4.57 Å². The van der Waals surface area contributed by atoms with E-state index in [1.807, 2.05) is 0 Å². The molecule has 0 saturated heterocycles. The molecule has 2 nitrogen and oxygen atoms in total. The van der Waals surface area contributed by atoms with Crippen LogP contribution in [0.3, 0.4) is 0 Å². The van der Waals surface area contributed by atoms with Crippen molar-refractivity contribution >= 4 is 16.6 Å². The maximum Gasteiger partial charge on any atom is 0.324 e. The summed E-state index contributed by atoms with van der Waals surface area (Å²) in [6.07, 6.45) is 31.2. The lowest BCUT2D eigenvalue weighted by molar-refractivity contribution is 0.524. The average Bonchev–Trinajstić information content (AvgIpc) is 2.69. The summed E-state index contributed by atoms with van der Waals surface area (Å²) < 4.78 is 8.46. The minimum atomic E-state index is -0.833. The maximum atomic E-state index is 8.46. The lowest BCUT2D eigenvalue weighted by atomic mass is 10.1. The van der Waals surface area contributed by atoms with Crippen LogP contribution in [0.15, 0.2) is 0 Å². The van der Waals surface area contributed by atoms with Crippen molar-refractivity contribution in [1.29, 1.82) is 0 Å². The predicted molar refractivity (Wildman–Crippen MR) is 131 cm³/mol. The van der Waals surface area contributed by atoms with Crippen molar-refractivity contribution in [2.24, 2.45) is 0 Å². The second-order valence-corrected chi connectivity index (χ2v) is 11.1. The van der Waals surface area contributed by atoms with Gasteiger partial charge in [0, 0.05) is 0 Å². The van der Waals surface area contributed by atoms with E-state index in [1.165, 1.54) is 116 Å². The first kappa shape index (κ1) is 30.7. The molecular weight excluding hydrogens is 382 g/mol. The zero-order valence-electron chi connectivity index (χ0n) is 19.6. The largest absolute Gasteiger partial charge is 0.324 e. The molecule has 0 aliphatic rings. The second-order valence-electron chi connectivity index (χ2n) is 8.23. The zero-order valence-corrected chi connectivity index (χ0v) is 21.4. The highest BCUT2D eigenvalue weighted by molar-refractivity contribution is 7.57. The molecule has 0 fully saturated rings. The van der Waals surface area contributed by atoms with Crippen LogP contribution in [0.2, 0.25) is 0 Å². The summed E-state index contributed by atoms with van der Waals surface area (Å²) in [5.41, 5.74) is 0. The lowest BCUT2D eigenvalue weighted by Crippen LogP contribution is -1.97. The molecule has 170 valence electrons. The van der Waals surface area contributed by atoms with Gasteiger partial charge < -0.3 is 4.89 Å². The van der Waals surface area contributed by atoms with Crippen molar-refractivity contribution in [3.63, 3.8) is 0 Å². The van der Waals surface area contributed by atoms with Gasteiger partial charge in [0.05, 0.1) is 0 Å². The monoisotopic (exact) mass is 434 g/mol. The standard InChI is InChI=1S/C24H51P.HO2P/c1-4-7-10-13-16-19-22-25(23-20-17-14-11-8-5-2)24-21-18-15-12-9-6-3;1-3-2/h4-24H2,1-3H3;(H,1,2). The first-order valence-electron chi connectivity index (χ1n) is 12.5. The highest BCUT2D eigenvalue weighted by atomic mass is 31.1. The SMILES string of the molecule is CCCCCCCCP(CCCCCCCC)CCCCCCCC.O=PO. The van der Waals surface area contributed by atoms with Crippen LogP contribution in [0.4, 0.5) is 0 Å². The molecule has 0 amide bonds. The molecule has 0 aromatic carbocycles. The number of hydrogen-bond donors (Lipinski definition) is 1. The number of unbranched alkanes of at least 4 members (excludes halogenated alkanes) is 15. The minimum absolute atomic E-state index is 0.366. The summed E-state index contributed by atoms with van der Waals surface area (Å²) in [4.78, 5) is 6.99. The molecule has 28 heavy (non-hydrogen) atoms. The van der Waals surface area contributed by atoms with Crippen LogP contribution in [0.1, 0.15) is 136 Å². The average molecular weight is 435 g/mol. The van der Waals surface area contributed by atoms with Gasteiger partial charge in [-0.3, -0.25) is 0 Å². The summed E-state index contributed by atoms with van der Waals surface area (Å²) in [6, 6.07) is 0. The van der Waals surface area contributed by atoms with Crippen molar-refractivity contribution in [3.8, 4) is 0 Å². The van der Waals surface area contributed by atoms with Gasteiger partial charge in [0.2, 0.25) is 0 Å². The van der Waals surface area contributed by atoms with E-state index in [1.54, 1.807) is 18.5 Å². The van der Waals surface area contributed by atoms with Crippen molar-refractivity contribution in [1.82, 2.24) is 0 Å². The summed E-state index contributed by atoms with van der Waals surface area (Å²) in [7, 11) is -0.467. The topological polar surface area (TPSA) is 37.3 Å². The molecule has 0 spiro atoms. The number of rotatable bonds is 21. The smallest absolute Gasteiger partial charge is 0.310 e. The van der Waals surface area contributed by atoms with E-state index in [0.29, 0.717) is 7.92 Å². The van der Waals surface area contributed by atoms with Gasteiger partial charge in [0.1, 0.15) is 0 Å².